The summed E-state index contributed by atoms with van der Waals surface area (Å²) in [5.41, 5.74) is 0.281. The number of hydrogen-bond acceptors (Lipinski definition) is 4. The second kappa shape index (κ2) is 6.97. The molecule has 0 heterocycles. The van der Waals surface area contributed by atoms with Crippen LogP contribution in [0.2, 0.25) is 0 Å². The topological polar surface area (TPSA) is 76.1 Å². The van der Waals surface area contributed by atoms with Gasteiger partial charge in [0, 0.05) is 13.6 Å². The summed E-state index contributed by atoms with van der Waals surface area (Å²) in [5.74, 6) is -0.584. The quantitative estimate of drug-likeness (QED) is 0.903. The molecular formula is C15H21NO5. The smallest absolute Gasteiger partial charge is 0.410 e. The third-order valence-corrected chi connectivity index (χ3v) is 2.39. The van der Waals surface area contributed by atoms with Gasteiger partial charge in [-0.1, -0.05) is 12.1 Å². The molecule has 6 nitrogen and oxygen atoms in total. The van der Waals surface area contributed by atoms with Crippen molar-refractivity contribution in [2.45, 2.75) is 32.9 Å². The highest BCUT2D eigenvalue weighted by Gasteiger charge is 2.19. The Balaban J connectivity index is 2.63. The van der Waals surface area contributed by atoms with E-state index in [1.54, 1.807) is 46.0 Å². The average molecular weight is 295 g/mol. The van der Waals surface area contributed by atoms with Crippen LogP contribution in [0.5, 0.6) is 5.75 Å². The maximum absolute atomic E-state index is 11.9. The SMILES string of the molecule is CN(Cc1cccc(OCC(=O)O)c1)C(=O)OC(C)(C)C. The lowest BCUT2D eigenvalue weighted by atomic mass is 10.2. The van der Waals surface area contributed by atoms with Crippen molar-refractivity contribution in [1.29, 1.82) is 0 Å². The first-order valence-corrected chi connectivity index (χ1v) is 6.55. The highest BCUT2D eigenvalue weighted by molar-refractivity contribution is 5.68. The molecule has 1 N–H and O–H groups in total. The van der Waals surface area contributed by atoms with Crippen molar-refractivity contribution in [3.63, 3.8) is 0 Å². The molecule has 1 amide bonds. The van der Waals surface area contributed by atoms with Crippen LogP contribution in [0.3, 0.4) is 0 Å². The maximum Gasteiger partial charge on any atom is 0.410 e. The largest absolute Gasteiger partial charge is 0.482 e. The molecule has 0 saturated carbocycles. The third-order valence-electron chi connectivity index (χ3n) is 2.39. The first-order valence-electron chi connectivity index (χ1n) is 6.55. The van der Waals surface area contributed by atoms with Gasteiger partial charge in [0.15, 0.2) is 6.61 Å². The summed E-state index contributed by atoms with van der Waals surface area (Å²) in [6, 6.07) is 6.94. The van der Waals surface area contributed by atoms with E-state index >= 15 is 0 Å². The zero-order chi connectivity index (χ0) is 16.0. The molecule has 0 unspecified atom stereocenters. The van der Waals surface area contributed by atoms with Crippen molar-refractivity contribution in [3.05, 3.63) is 29.8 Å². The van der Waals surface area contributed by atoms with Gasteiger partial charge in [-0.15, -0.1) is 0 Å². The van der Waals surface area contributed by atoms with E-state index in [0.29, 0.717) is 12.3 Å². The molecule has 0 aliphatic rings. The molecule has 0 radical (unpaired) electrons. The van der Waals surface area contributed by atoms with Gasteiger partial charge in [-0.3, -0.25) is 0 Å². The zero-order valence-corrected chi connectivity index (χ0v) is 12.8. The number of carboxylic acids is 1. The fourth-order valence-electron chi connectivity index (χ4n) is 1.56. The molecule has 6 heteroatoms. The second-order valence-corrected chi connectivity index (χ2v) is 5.67. The molecule has 0 fully saturated rings. The van der Waals surface area contributed by atoms with E-state index in [9.17, 15) is 9.59 Å². The van der Waals surface area contributed by atoms with Gasteiger partial charge in [-0.2, -0.15) is 0 Å². The number of rotatable bonds is 5. The molecule has 0 aromatic heterocycles. The molecule has 1 aromatic carbocycles. The van der Waals surface area contributed by atoms with Gasteiger partial charge >= 0.3 is 12.1 Å². The van der Waals surface area contributed by atoms with Gasteiger partial charge in [-0.05, 0) is 38.5 Å². The van der Waals surface area contributed by atoms with Crippen molar-refractivity contribution in [2.24, 2.45) is 0 Å². The van der Waals surface area contributed by atoms with Crippen LogP contribution in [0, 0.1) is 0 Å². The zero-order valence-electron chi connectivity index (χ0n) is 12.8. The van der Waals surface area contributed by atoms with Crippen molar-refractivity contribution < 1.29 is 24.2 Å². The standard InChI is InChI=1S/C15H21NO5/c1-15(2,3)21-14(19)16(4)9-11-6-5-7-12(8-11)20-10-13(17)18/h5-8H,9-10H2,1-4H3,(H,17,18). The molecular weight excluding hydrogens is 274 g/mol. The van der Waals surface area contributed by atoms with Crippen LogP contribution in [0.1, 0.15) is 26.3 Å². The van der Waals surface area contributed by atoms with Gasteiger partial charge in [-0.25, -0.2) is 9.59 Å². The van der Waals surface area contributed by atoms with E-state index in [2.05, 4.69) is 0 Å². The Kier molecular flexibility index (Phi) is 5.58. The van der Waals surface area contributed by atoms with Crippen LogP contribution in [0.15, 0.2) is 24.3 Å². The van der Waals surface area contributed by atoms with Crippen LogP contribution < -0.4 is 4.74 Å². The number of nitrogens with zero attached hydrogens (tertiary/aromatic N) is 1. The highest BCUT2D eigenvalue weighted by Crippen LogP contribution is 2.16. The van der Waals surface area contributed by atoms with E-state index < -0.39 is 24.3 Å². The number of carboxylic acid groups (broad SMARTS) is 1. The molecule has 0 spiro atoms. The number of hydrogen-bond donors (Lipinski definition) is 1. The number of carbonyl (C=O) groups excluding carboxylic acids is 1. The van der Waals surface area contributed by atoms with Crippen molar-refractivity contribution >= 4 is 12.1 Å². The van der Waals surface area contributed by atoms with Crippen LogP contribution in [-0.2, 0) is 16.1 Å². The minimum Gasteiger partial charge on any atom is -0.482 e. The Morgan fingerprint density at radius 2 is 1.95 bits per heavy atom. The number of aliphatic carboxylic acids is 1. The Labute approximate surface area is 124 Å². The minimum absolute atomic E-state index is 0.346. The van der Waals surface area contributed by atoms with Crippen LogP contribution >= 0.6 is 0 Å². The molecule has 0 aliphatic heterocycles. The summed E-state index contributed by atoms with van der Waals surface area (Å²) in [6.07, 6.45) is -0.417. The van der Waals surface area contributed by atoms with Crippen LogP contribution in [0.25, 0.3) is 0 Å². The summed E-state index contributed by atoms with van der Waals surface area (Å²) in [4.78, 5) is 23.8. The number of carbonyl (C=O) groups is 2. The molecule has 0 atom stereocenters. The van der Waals surface area contributed by atoms with E-state index in [1.807, 2.05) is 6.07 Å². The van der Waals surface area contributed by atoms with Crippen molar-refractivity contribution in [1.82, 2.24) is 4.90 Å². The van der Waals surface area contributed by atoms with Gasteiger partial charge < -0.3 is 19.5 Å². The first-order chi connectivity index (χ1) is 9.67. The Hall–Kier alpha value is -2.24. The van der Waals surface area contributed by atoms with Crippen LogP contribution in [0.4, 0.5) is 4.79 Å². The maximum atomic E-state index is 11.9. The van der Waals surface area contributed by atoms with E-state index in [4.69, 9.17) is 14.6 Å². The lowest BCUT2D eigenvalue weighted by Crippen LogP contribution is -2.33. The lowest BCUT2D eigenvalue weighted by Gasteiger charge is -2.24. The van der Waals surface area contributed by atoms with E-state index in [1.165, 1.54) is 4.90 Å². The summed E-state index contributed by atoms with van der Waals surface area (Å²) in [5, 5.41) is 8.58. The molecule has 1 aromatic rings. The number of benzene rings is 1. The summed E-state index contributed by atoms with van der Waals surface area (Å²) < 4.78 is 10.4. The number of ether oxygens (including phenoxy) is 2. The van der Waals surface area contributed by atoms with Crippen molar-refractivity contribution in [2.75, 3.05) is 13.7 Å². The predicted octanol–water partition coefficient (Wildman–Crippen LogP) is 2.52. The fourth-order valence-corrected chi connectivity index (χ4v) is 1.56. The Bertz CT molecular complexity index is 507. The lowest BCUT2D eigenvalue weighted by molar-refractivity contribution is -0.139. The minimum atomic E-state index is -1.04. The fraction of sp³-hybridized carbons (Fsp3) is 0.467. The highest BCUT2D eigenvalue weighted by atomic mass is 16.6. The van der Waals surface area contributed by atoms with Gasteiger partial charge in [0.25, 0.3) is 0 Å². The molecule has 0 aliphatic carbocycles. The van der Waals surface area contributed by atoms with Gasteiger partial charge in [0.05, 0.1) is 0 Å². The molecule has 0 saturated heterocycles. The predicted molar refractivity (Wildman–Crippen MR) is 77.3 cm³/mol. The molecule has 0 bridgehead atoms. The van der Waals surface area contributed by atoms with Crippen LogP contribution in [-0.4, -0.2) is 41.3 Å². The van der Waals surface area contributed by atoms with E-state index in [0.717, 1.165) is 5.56 Å². The monoisotopic (exact) mass is 295 g/mol. The second-order valence-electron chi connectivity index (χ2n) is 5.67. The summed E-state index contributed by atoms with van der Waals surface area (Å²) >= 11 is 0. The van der Waals surface area contributed by atoms with Crippen molar-refractivity contribution in [3.8, 4) is 5.75 Å². The first kappa shape index (κ1) is 16.8. The van der Waals surface area contributed by atoms with Gasteiger partial charge in [0.2, 0.25) is 0 Å². The molecule has 21 heavy (non-hydrogen) atoms. The normalized spacial score (nSPS) is 10.9. The number of amides is 1. The Morgan fingerprint density at radius 3 is 2.52 bits per heavy atom. The molecule has 116 valence electrons. The summed E-state index contributed by atoms with van der Waals surface area (Å²) in [7, 11) is 1.64. The molecule has 1 rings (SSSR count). The average Bonchev–Trinajstić information content (AvgIpc) is 2.34. The Morgan fingerprint density at radius 1 is 1.29 bits per heavy atom. The summed E-state index contributed by atoms with van der Waals surface area (Å²) in [6.45, 7) is 5.36. The van der Waals surface area contributed by atoms with E-state index in [-0.39, 0.29) is 0 Å². The third kappa shape index (κ3) is 6.65. The van der Waals surface area contributed by atoms with Gasteiger partial charge in [0.1, 0.15) is 11.4 Å².